The Morgan fingerprint density at radius 1 is 1.33 bits per heavy atom. The van der Waals surface area contributed by atoms with Gasteiger partial charge in [-0.2, -0.15) is 0 Å². The molecule has 0 aliphatic rings. The molecule has 0 unspecified atom stereocenters. The second-order valence-corrected chi connectivity index (χ2v) is 4.53. The van der Waals surface area contributed by atoms with Crippen molar-refractivity contribution < 1.29 is 9.13 Å². The van der Waals surface area contributed by atoms with E-state index in [9.17, 15) is 4.39 Å². The van der Waals surface area contributed by atoms with Gasteiger partial charge in [-0.15, -0.1) is 0 Å². The smallest absolute Gasteiger partial charge is 0.165 e. The van der Waals surface area contributed by atoms with E-state index in [0.717, 1.165) is 16.7 Å². The zero-order valence-corrected chi connectivity index (χ0v) is 11.4. The van der Waals surface area contributed by atoms with Crippen LogP contribution in [0.5, 0.6) is 11.5 Å². The lowest BCUT2D eigenvalue weighted by Gasteiger charge is -2.08. The van der Waals surface area contributed by atoms with Gasteiger partial charge in [0.2, 0.25) is 0 Å². The minimum atomic E-state index is -0.410. The number of ether oxygens (including phenoxy) is 1. The highest BCUT2D eigenvalue weighted by Crippen LogP contribution is 2.28. The lowest BCUT2D eigenvalue weighted by atomic mass is 10.3. The topological polar surface area (TPSA) is 34.2 Å². The fraction of sp³-hybridized carbons (Fsp3) is 0.154. The maximum atomic E-state index is 13.5. The molecule has 0 aliphatic heterocycles. The molecule has 0 bridgehead atoms. The number of hydrogen-bond acceptors (Lipinski definition) is 3. The molecule has 18 heavy (non-hydrogen) atoms. The highest BCUT2D eigenvalue weighted by molar-refractivity contribution is 9.10. The van der Waals surface area contributed by atoms with E-state index in [-0.39, 0.29) is 5.75 Å². The first-order valence-corrected chi connectivity index (χ1v) is 6.30. The van der Waals surface area contributed by atoms with Gasteiger partial charge in [0.1, 0.15) is 5.75 Å². The van der Waals surface area contributed by atoms with Gasteiger partial charge in [-0.1, -0.05) is 15.9 Å². The number of aromatic nitrogens is 1. The first-order valence-electron chi connectivity index (χ1n) is 5.51. The Kier molecular flexibility index (Phi) is 4.15. The molecule has 1 heterocycles. The summed E-state index contributed by atoms with van der Waals surface area (Å²) in [5.74, 6) is 0.248. The molecule has 0 aliphatic carbocycles. The third kappa shape index (κ3) is 3.20. The number of nitrogens with zero attached hydrogens (tertiary/aromatic N) is 1. The highest BCUT2D eigenvalue weighted by atomic mass is 79.9. The molecule has 1 N–H and O–H groups in total. The molecule has 5 heteroatoms. The van der Waals surface area contributed by atoms with Gasteiger partial charge in [0.15, 0.2) is 11.6 Å². The zero-order chi connectivity index (χ0) is 13.0. The Morgan fingerprint density at radius 2 is 2.17 bits per heavy atom. The Hall–Kier alpha value is -1.62. The molecule has 0 fully saturated rings. The van der Waals surface area contributed by atoms with Crippen molar-refractivity contribution in [2.75, 3.05) is 11.9 Å². The number of anilines is 1. The van der Waals surface area contributed by atoms with Crippen LogP contribution in [0.3, 0.4) is 0 Å². The average Bonchev–Trinajstić information content (AvgIpc) is 2.35. The Balaban J connectivity index is 2.22. The summed E-state index contributed by atoms with van der Waals surface area (Å²) in [5.41, 5.74) is 0.838. The monoisotopic (exact) mass is 310 g/mol. The summed E-state index contributed by atoms with van der Waals surface area (Å²) in [4.78, 5) is 4.03. The molecule has 0 spiro atoms. The standard InChI is InChI=1S/C13H12BrFN2O/c1-2-17-10-6-11(8-16-7-10)18-13-5-9(14)3-4-12(13)15/h3-8,17H,2H2,1H3. The summed E-state index contributed by atoms with van der Waals surface area (Å²) >= 11 is 3.27. The van der Waals surface area contributed by atoms with Crippen LogP contribution in [0.15, 0.2) is 41.1 Å². The predicted molar refractivity (Wildman–Crippen MR) is 72.6 cm³/mol. The average molecular weight is 311 g/mol. The number of nitrogens with one attached hydrogen (secondary N) is 1. The van der Waals surface area contributed by atoms with Crippen molar-refractivity contribution in [3.05, 3.63) is 46.9 Å². The first kappa shape index (κ1) is 12.8. The summed E-state index contributed by atoms with van der Waals surface area (Å²) in [7, 11) is 0. The minimum absolute atomic E-state index is 0.167. The second-order valence-electron chi connectivity index (χ2n) is 3.62. The maximum absolute atomic E-state index is 13.5. The number of halogens is 2. The lowest BCUT2D eigenvalue weighted by molar-refractivity contribution is 0.440. The Bertz CT molecular complexity index is 548. The summed E-state index contributed by atoms with van der Waals surface area (Å²) in [6.45, 7) is 2.78. The number of pyridine rings is 1. The summed E-state index contributed by atoms with van der Waals surface area (Å²) in [6, 6.07) is 6.32. The number of hydrogen-bond donors (Lipinski definition) is 1. The fourth-order valence-electron chi connectivity index (χ4n) is 1.46. The largest absolute Gasteiger partial charge is 0.453 e. The van der Waals surface area contributed by atoms with Crippen LogP contribution >= 0.6 is 15.9 Å². The molecule has 0 saturated carbocycles. The molecule has 0 atom stereocenters. The summed E-state index contributed by atoms with van der Waals surface area (Å²) in [5, 5.41) is 3.11. The summed E-state index contributed by atoms with van der Waals surface area (Å²) < 4.78 is 19.8. The molecular weight excluding hydrogens is 299 g/mol. The van der Waals surface area contributed by atoms with E-state index < -0.39 is 5.82 Å². The third-order valence-corrected chi connectivity index (χ3v) is 2.71. The highest BCUT2D eigenvalue weighted by Gasteiger charge is 2.06. The number of rotatable bonds is 4. The zero-order valence-electron chi connectivity index (χ0n) is 9.78. The second kappa shape index (κ2) is 5.82. The van der Waals surface area contributed by atoms with E-state index >= 15 is 0 Å². The van der Waals surface area contributed by atoms with Crippen molar-refractivity contribution >= 4 is 21.6 Å². The molecule has 2 rings (SSSR count). The van der Waals surface area contributed by atoms with Gasteiger partial charge in [-0.3, -0.25) is 4.98 Å². The van der Waals surface area contributed by atoms with E-state index in [4.69, 9.17) is 4.74 Å². The van der Waals surface area contributed by atoms with Crippen molar-refractivity contribution in [2.45, 2.75) is 6.92 Å². The van der Waals surface area contributed by atoms with Gasteiger partial charge in [-0.25, -0.2) is 4.39 Å². The van der Waals surface area contributed by atoms with Crippen LogP contribution in [-0.4, -0.2) is 11.5 Å². The van der Waals surface area contributed by atoms with E-state index in [1.807, 2.05) is 6.92 Å². The van der Waals surface area contributed by atoms with Crippen LogP contribution in [0.4, 0.5) is 10.1 Å². The normalized spacial score (nSPS) is 10.2. The summed E-state index contributed by atoms with van der Waals surface area (Å²) in [6.07, 6.45) is 3.23. The van der Waals surface area contributed by atoms with Crippen LogP contribution < -0.4 is 10.1 Å². The van der Waals surface area contributed by atoms with Crippen molar-refractivity contribution in [1.82, 2.24) is 4.98 Å². The molecule has 1 aromatic heterocycles. The number of benzene rings is 1. The third-order valence-electron chi connectivity index (χ3n) is 2.22. The van der Waals surface area contributed by atoms with Crippen LogP contribution in [-0.2, 0) is 0 Å². The van der Waals surface area contributed by atoms with Crippen LogP contribution in [0.1, 0.15) is 6.92 Å². The Labute approximate surface area is 113 Å². The van der Waals surface area contributed by atoms with Gasteiger partial charge in [-0.05, 0) is 25.1 Å². The SMILES string of the molecule is CCNc1cncc(Oc2cc(Br)ccc2F)c1. The van der Waals surface area contributed by atoms with Crippen molar-refractivity contribution in [2.24, 2.45) is 0 Å². The fourth-order valence-corrected chi connectivity index (χ4v) is 1.80. The Morgan fingerprint density at radius 3 is 2.94 bits per heavy atom. The van der Waals surface area contributed by atoms with Crippen LogP contribution in [0.25, 0.3) is 0 Å². The van der Waals surface area contributed by atoms with Crippen molar-refractivity contribution in [3.63, 3.8) is 0 Å². The molecule has 0 amide bonds. The van der Waals surface area contributed by atoms with Crippen LogP contribution in [0, 0.1) is 5.82 Å². The van der Waals surface area contributed by atoms with Crippen molar-refractivity contribution in [1.29, 1.82) is 0 Å². The van der Waals surface area contributed by atoms with Crippen LogP contribution in [0.2, 0.25) is 0 Å². The van der Waals surface area contributed by atoms with Gasteiger partial charge in [0, 0.05) is 17.1 Å². The van der Waals surface area contributed by atoms with E-state index in [0.29, 0.717) is 5.75 Å². The van der Waals surface area contributed by atoms with E-state index in [1.165, 1.54) is 6.07 Å². The molecule has 1 aromatic carbocycles. The van der Waals surface area contributed by atoms with Gasteiger partial charge in [0.25, 0.3) is 0 Å². The van der Waals surface area contributed by atoms with E-state index in [2.05, 4.69) is 26.2 Å². The molecule has 0 saturated heterocycles. The van der Waals surface area contributed by atoms with Crippen molar-refractivity contribution in [3.8, 4) is 11.5 Å². The molecule has 0 radical (unpaired) electrons. The maximum Gasteiger partial charge on any atom is 0.165 e. The molecule has 94 valence electrons. The van der Waals surface area contributed by atoms with Gasteiger partial charge < -0.3 is 10.1 Å². The van der Waals surface area contributed by atoms with E-state index in [1.54, 1.807) is 30.6 Å². The lowest BCUT2D eigenvalue weighted by Crippen LogP contribution is -1.97. The minimum Gasteiger partial charge on any atom is -0.453 e. The first-order chi connectivity index (χ1) is 8.69. The quantitative estimate of drug-likeness (QED) is 0.918. The predicted octanol–water partition coefficient (Wildman–Crippen LogP) is 4.21. The van der Waals surface area contributed by atoms with Gasteiger partial charge >= 0.3 is 0 Å². The van der Waals surface area contributed by atoms with Gasteiger partial charge in [0.05, 0.1) is 18.1 Å². The molecule has 2 aromatic rings. The molecule has 3 nitrogen and oxygen atoms in total. The molecular formula is C13H12BrFN2O.